The summed E-state index contributed by atoms with van der Waals surface area (Å²) in [6, 6.07) is 4.32. The van der Waals surface area contributed by atoms with Crippen molar-refractivity contribution in [2.24, 2.45) is 0 Å². The van der Waals surface area contributed by atoms with Crippen LogP contribution in [0.25, 0.3) is 0 Å². The molecule has 2 fully saturated rings. The quantitative estimate of drug-likeness (QED) is 0.475. The van der Waals surface area contributed by atoms with Crippen LogP contribution in [0.2, 0.25) is 0 Å². The fourth-order valence-corrected chi connectivity index (χ4v) is 5.73. The highest BCUT2D eigenvalue weighted by Crippen LogP contribution is 2.42. The zero-order valence-corrected chi connectivity index (χ0v) is 21.5. The highest BCUT2D eigenvalue weighted by Gasteiger charge is 2.41. The number of thiazole rings is 1. The lowest BCUT2D eigenvalue weighted by molar-refractivity contribution is -0.137. The molecule has 1 aromatic heterocycles. The molecule has 4 rings (SSSR count). The number of halogens is 3. The van der Waals surface area contributed by atoms with Crippen molar-refractivity contribution in [3.8, 4) is 5.19 Å². The summed E-state index contributed by atoms with van der Waals surface area (Å²) in [7, 11) is 0. The van der Waals surface area contributed by atoms with Crippen LogP contribution in [0.5, 0.6) is 5.19 Å². The van der Waals surface area contributed by atoms with E-state index in [0.29, 0.717) is 37.2 Å². The first-order valence-electron chi connectivity index (χ1n) is 12.3. The van der Waals surface area contributed by atoms with Gasteiger partial charge in [-0.25, -0.2) is 4.98 Å². The number of amides is 2. The fraction of sp³-hybridized carbons (Fsp3) is 0.560. The average Bonchev–Trinajstić information content (AvgIpc) is 3.28. The van der Waals surface area contributed by atoms with Gasteiger partial charge in [0.1, 0.15) is 5.60 Å². The van der Waals surface area contributed by atoms with Crippen molar-refractivity contribution in [1.82, 2.24) is 20.5 Å². The van der Waals surface area contributed by atoms with Crippen molar-refractivity contribution in [3.63, 3.8) is 0 Å². The molecule has 12 heteroatoms. The van der Waals surface area contributed by atoms with Gasteiger partial charge in [0.15, 0.2) is 0 Å². The van der Waals surface area contributed by atoms with Crippen LogP contribution in [0.3, 0.4) is 0 Å². The molecule has 37 heavy (non-hydrogen) atoms. The highest BCUT2D eigenvalue weighted by molar-refractivity contribution is 7.13. The predicted octanol–water partition coefficient (Wildman–Crippen LogP) is 3.31. The van der Waals surface area contributed by atoms with E-state index in [4.69, 9.17) is 4.74 Å². The van der Waals surface area contributed by atoms with E-state index >= 15 is 0 Å². The molecule has 2 aliphatic rings. The molecule has 0 radical (unpaired) electrons. The molecule has 1 saturated carbocycles. The van der Waals surface area contributed by atoms with Crippen LogP contribution in [-0.2, 0) is 16.6 Å². The largest absolute Gasteiger partial charge is 0.467 e. The molecule has 2 heterocycles. The number of aliphatic hydroxyl groups is 1. The highest BCUT2D eigenvalue weighted by atomic mass is 32.1. The number of likely N-dealkylation sites (tertiary alicyclic amines) is 1. The molecule has 0 spiro atoms. The Balaban J connectivity index is 1.17. The summed E-state index contributed by atoms with van der Waals surface area (Å²) in [4.78, 5) is 31.7. The molecule has 202 valence electrons. The van der Waals surface area contributed by atoms with Crippen molar-refractivity contribution in [2.75, 3.05) is 19.6 Å². The monoisotopic (exact) mass is 540 g/mol. The Morgan fingerprint density at radius 2 is 1.97 bits per heavy atom. The molecule has 3 N–H and O–H groups in total. The number of rotatable bonds is 8. The molecule has 0 atom stereocenters. The average molecular weight is 541 g/mol. The second-order valence-corrected chi connectivity index (χ2v) is 10.9. The standard InChI is InChI=1S/C25H31F3N4O4S/c1-15(2)36-23-30-11-20(37-23)24(35)8-6-19(7-9-24)32-13-18(14-32)31-21(33)12-29-22(34)16-4-3-5-17(10-16)25(26,27)28/h3-5,10-11,15,18-19,35H,6-9,12-14H2,1-2H3,(H,29,34)(H,31,33)/t19-,24-. The Morgan fingerprint density at radius 3 is 2.62 bits per heavy atom. The summed E-state index contributed by atoms with van der Waals surface area (Å²) in [5.41, 5.74) is -1.97. The van der Waals surface area contributed by atoms with E-state index in [2.05, 4.69) is 20.5 Å². The Labute approximate surface area is 217 Å². The van der Waals surface area contributed by atoms with Crippen LogP contribution in [-0.4, -0.2) is 64.6 Å². The number of ether oxygens (including phenoxy) is 1. The van der Waals surface area contributed by atoms with Crippen LogP contribution in [0.1, 0.15) is 60.3 Å². The molecule has 0 bridgehead atoms. The summed E-state index contributed by atoms with van der Waals surface area (Å²) in [6.45, 7) is 4.88. The van der Waals surface area contributed by atoms with Crippen LogP contribution in [0.15, 0.2) is 30.5 Å². The van der Waals surface area contributed by atoms with Gasteiger partial charge in [0.2, 0.25) is 5.91 Å². The van der Waals surface area contributed by atoms with E-state index in [9.17, 15) is 27.9 Å². The van der Waals surface area contributed by atoms with Crippen molar-refractivity contribution in [3.05, 3.63) is 46.5 Å². The van der Waals surface area contributed by atoms with E-state index < -0.39 is 29.2 Å². The second-order valence-electron chi connectivity index (χ2n) is 9.90. The van der Waals surface area contributed by atoms with Crippen LogP contribution in [0, 0.1) is 0 Å². The number of nitrogens with one attached hydrogen (secondary N) is 2. The summed E-state index contributed by atoms with van der Waals surface area (Å²) in [5, 5.41) is 16.9. The molecule has 1 saturated heterocycles. The minimum absolute atomic E-state index is 0.0239. The first-order chi connectivity index (χ1) is 17.4. The Kier molecular flexibility index (Phi) is 8.10. The molecule has 8 nitrogen and oxygen atoms in total. The van der Waals surface area contributed by atoms with E-state index in [0.717, 1.165) is 35.9 Å². The van der Waals surface area contributed by atoms with Crippen molar-refractivity contribution >= 4 is 23.2 Å². The fourth-order valence-electron chi connectivity index (χ4n) is 4.70. The van der Waals surface area contributed by atoms with Gasteiger partial charge < -0.3 is 20.5 Å². The lowest BCUT2D eigenvalue weighted by Crippen LogP contribution is -2.63. The Hall–Kier alpha value is -2.70. The number of alkyl halides is 3. The minimum atomic E-state index is -4.55. The van der Waals surface area contributed by atoms with Gasteiger partial charge in [0.25, 0.3) is 11.1 Å². The number of aromatic nitrogens is 1. The maximum Gasteiger partial charge on any atom is 0.416 e. The van der Waals surface area contributed by atoms with Crippen molar-refractivity contribution < 1.29 is 32.6 Å². The number of hydrogen-bond donors (Lipinski definition) is 3. The van der Waals surface area contributed by atoms with E-state index in [1.165, 1.54) is 17.4 Å². The molecule has 2 amide bonds. The Morgan fingerprint density at radius 1 is 1.27 bits per heavy atom. The van der Waals surface area contributed by atoms with Crippen LogP contribution in [0.4, 0.5) is 13.2 Å². The number of hydrogen-bond acceptors (Lipinski definition) is 7. The third kappa shape index (κ3) is 6.79. The van der Waals surface area contributed by atoms with Crippen LogP contribution >= 0.6 is 11.3 Å². The van der Waals surface area contributed by atoms with Gasteiger partial charge in [-0.1, -0.05) is 17.4 Å². The summed E-state index contributed by atoms with van der Waals surface area (Å²) < 4.78 is 44.1. The molecular weight excluding hydrogens is 509 g/mol. The maximum atomic E-state index is 12.8. The normalized spacial score (nSPS) is 22.9. The topological polar surface area (TPSA) is 104 Å². The second kappa shape index (κ2) is 11.0. The van der Waals surface area contributed by atoms with Crippen LogP contribution < -0.4 is 15.4 Å². The van der Waals surface area contributed by atoms with Gasteiger partial charge in [-0.15, -0.1) is 0 Å². The number of nitrogens with zero attached hydrogens (tertiary/aromatic N) is 2. The molecule has 0 unspecified atom stereocenters. The summed E-state index contributed by atoms with van der Waals surface area (Å²) >= 11 is 1.39. The first-order valence-corrected chi connectivity index (χ1v) is 13.1. The number of benzene rings is 1. The SMILES string of the molecule is CC(C)Oc1ncc([C@]2(O)CC[C@H](N3CC(NC(=O)CNC(=O)c4cccc(C(F)(F)F)c4)C3)CC2)s1. The zero-order valence-electron chi connectivity index (χ0n) is 20.7. The molecule has 2 aromatic rings. The van der Waals surface area contributed by atoms with Gasteiger partial charge in [0.05, 0.1) is 29.1 Å². The van der Waals surface area contributed by atoms with Gasteiger partial charge in [-0.2, -0.15) is 13.2 Å². The first kappa shape index (κ1) is 27.3. The van der Waals surface area contributed by atoms with Crippen molar-refractivity contribution in [2.45, 2.75) is 69.5 Å². The van der Waals surface area contributed by atoms with Gasteiger partial charge in [-0.3, -0.25) is 14.5 Å². The van der Waals surface area contributed by atoms with Gasteiger partial charge >= 0.3 is 6.18 Å². The number of carbonyl (C=O) groups excluding carboxylic acids is 2. The molecule has 1 aliphatic carbocycles. The lowest BCUT2D eigenvalue weighted by atomic mass is 9.80. The van der Waals surface area contributed by atoms with Gasteiger partial charge in [-0.05, 0) is 57.7 Å². The molecule has 1 aliphatic heterocycles. The van der Waals surface area contributed by atoms with E-state index in [1.807, 2.05) is 13.8 Å². The van der Waals surface area contributed by atoms with E-state index in [1.54, 1.807) is 6.20 Å². The lowest BCUT2D eigenvalue weighted by Gasteiger charge is -2.48. The van der Waals surface area contributed by atoms with Gasteiger partial charge in [0, 0.05) is 30.9 Å². The third-order valence-electron chi connectivity index (χ3n) is 6.71. The molecular formula is C25H31F3N4O4S. The predicted molar refractivity (Wildman–Crippen MR) is 131 cm³/mol. The molecule has 1 aromatic carbocycles. The maximum absolute atomic E-state index is 12.8. The summed E-state index contributed by atoms with van der Waals surface area (Å²) in [5.74, 6) is -1.14. The smallest absolute Gasteiger partial charge is 0.416 e. The number of carbonyl (C=O) groups is 2. The summed E-state index contributed by atoms with van der Waals surface area (Å²) in [6.07, 6.45) is 0.0603. The van der Waals surface area contributed by atoms with E-state index in [-0.39, 0.29) is 24.3 Å². The zero-order chi connectivity index (χ0) is 26.8. The minimum Gasteiger partial charge on any atom is -0.467 e. The Bertz CT molecular complexity index is 1110. The third-order valence-corrected chi connectivity index (χ3v) is 7.80. The van der Waals surface area contributed by atoms with Crippen molar-refractivity contribution in [1.29, 1.82) is 0 Å².